The number of halogens is 3. The number of hydrogen-bond acceptors (Lipinski definition) is 7. The van der Waals surface area contributed by atoms with Crippen LogP contribution in [0, 0.1) is 0 Å². The van der Waals surface area contributed by atoms with Crippen LogP contribution in [0.1, 0.15) is 11.7 Å². The lowest BCUT2D eigenvalue weighted by molar-refractivity contribution is -0.204. The minimum Gasteiger partial charge on any atom is -0.449 e. The summed E-state index contributed by atoms with van der Waals surface area (Å²) in [6.07, 6.45) is -4.73. The molecule has 0 radical (unpaired) electrons. The molecule has 3 rings (SSSR count). The Hall–Kier alpha value is -3.82. The number of nitrogens with one attached hydrogen (secondary N) is 2. The maximum absolute atomic E-state index is 12.7. The normalized spacial score (nSPS) is 12.0. The van der Waals surface area contributed by atoms with E-state index in [-0.39, 0.29) is 6.54 Å². The zero-order valence-electron chi connectivity index (χ0n) is 17.4. The van der Waals surface area contributed by atoms with Gasteiger partial charge in [-0.25, -0.2) is 9.78 Å². The first-order valence-corrected chi connectivity index (χ1v) is 9.66. The van der Waals surface area contributed by atoms with Crippen molar-refractivity contribution in [3.63, 3.8) is 0 Å². The SMILES string of the molecule is CN(C)c1ccc(Nc2nccc(NCC(OC(=O)C(F)(F)F)c3ccccc3)n2)cc1. The molecule has 0 bridgehead atoms. The number of benzene rings is 2. The Labute approximate surface area is 183 Å². The Morgan fingerprint density at radius 3 is 2.38 bits per heavy atom. The third-order valence-corrected chi connectivity index (χ3v) is 4.42. The summed E-state index contributed by atoms with van der Waals surface area (Å²) in [6, 6.07) is 17.4. The molecule has 2 aromatic carbocycles. The highest BCUT2D eigenvalue weighted by atomic mass is 19.4. The van der Waals surface area contributed by atoms with Crippen molar-refractivity contribution in [1.29, 1.82) is 0 Å². The number of hydrogen-bond donors (Lipinski definition) is 2. The van der Waals surface area contributed by atoms with Gasteiger partial charge in [-0.3, -0.25) is 0 Å². The van der Waals surface area contributed by atoms with E-state index in [9.17, 15) is 18.0 Å². The number of anilines is 4. The van der Waals surface area contributed by atoms with Gasteiger partial charge < -0.3 is 20.3 Å². The molecule has 1 unspecified atom stereocenters. The Bertz CT molecular complexity index is 1030. The molecule has 0 saturated heterocycles. The number of nitrogens with zero attached hydrogens (tertiary/aromatic N) is 3. The summed E-state index contributed by atoms with van der Waals surface area (Å²) in [5.74, 6) is -1.59. The van der Waals surface area contributed by atoms with Gasteiger partial charge in [0, 0.05) is 31.7 Å². The van der Waals surface area contributed by atoms with Gasteiger partial charge in [0.25, 0.3) is 0 Å². The predicted molar refractivity (Wildman–Crippen MR) is 116 cm³/mol. The highest BCUT2D eigenvalue weighted by Gasteiger charge is 2.42. The van der Waals surface area contributed by atoms with Crippen molar-refractivity contribution in [2.45, 2.75) is 12.3 Å². The molecule has 0 aliphatic carbocycles. The van der Waals surface area contributed by atoms with E-state index in [4.69, 9.17) is 0 Å². The largest absolute Gasteiger partial charge is 0.490 e. The Balaban J connectivity index is 1.69. The zero-order valence-corrected chi connectivity index (χ0v) is 17.4. The molecule has 0 amide bonds. The van der Waals surface area contributed by atoms with Gasteiger partial charge in [0.1, 0.15) is 11.9 Å². The van der Waals surface area contributed by atoms with Crippen LogP contribution >= 0.6 is 0 Å². The second kappa shape index (κ2) is 9.99. The summed E-state index contributed by atoms with van der Waals surface area (Å²) >= 11 is 0. The highest BCUT2D eigenvalue weighted by Crippen LogP contribution is 2.25. The number of carbonyl (C=O) groups excluding carboxylic acids is 1. The van der Waals surface area contributed by atoms with Crippen molar-refractivity contribution in [3.8, 4) is 0 Å². The molecule has 3 aromatic rings. The van der Waals surface area contributed by atoms with Gasteiger partial charge in [-0.05, 0) is 35.9 Å². The summed E-state index contributed by atoms with van der Waals surface area (Å²) in [5.41, 5.74) is 2.23. The Morgan fingerprint density at radius 2 is 1.75 bits per heavy atom. The molecular formula is C22H22F3N5O2. The second-order valence-corrected chi connectivity index (χ2v) is 7.02. The third-order valence-electron chi connectivity index (χ3n) is 4.42. The van der Waals surface area contributed by atoms with E-state index in [1.807, 2.05) is 43.3 Å². The van der Waals surface area contributed by atoms with Gasteiger partial charge >= 0.3 is 12.1 Å². The fourth-order valence-electron chi connectivity index (χ4n) is 2.78. The van der Waals surface area contributed by atoms with Crippen LogP contribution in [-0.2, 0) is 9.53 Å². The van der Waals surface area contributed by atoms with Gasteiger partial charge in [0.05, 0.1) is 6.54 Å². The molecule has 1 heterocycles. The number of aromatic nitrogens is 2. The van der Waals surface area contributed by atoms with Crippen molar-refractivity contribution in [2.75, 3.05) is 36.2 Å². The van der Waals surface area contributed by atoms with Gasteiger partial charge in [-0.2, -0.15) is 18.2 Å². The summed E-state index contributed by atoms with van der Waals surface area (Å²) in [5, 5.41) is 5.97. The average Bonchev–Trinajstić information content (AvgIpc) is 2.77. The number of ether oxygens (including phenoxy) is 1. The standard InChI is InChI=1S/C22H22F3N5O2/c1-30(2)17-10-8-16(9-11-17)28-21-26-13-12-19(29-21)27-14-18(15-6-4-3-5-7-15)32-20(31)22(23,24)25/h3-13,18H,14H2,1-2H3,(H2,26,27,28,29). The van der Waals surface area contributed by atoms with Crippen molar-refractivity contribution in [3.05, 3.63) is 72.4 Å². The Morgan fingerprint density at radius 1 is 1.06 bits per heavy atom. The van der Waals surface area contributed by atoms with Crippen LogP contribution < -0.4 is 15.5 Å². The van der Waals surface area contributed by atoms with Gasteiger partial charge in [0.15, 0.2) is 0 Å². The average molecular weight is 445 g/mol. The zero-order chi connectivity index (χ0) is 23.1. The van der Waals surface area contributed by atoms with E-state index >= 15 is 0 Å². The molecule has 10 heteroatoms. The predicted octanol–water partition coefficient (Wildman–Crippen LogP) is 4.54. The van der Waals surface area contributed by atoms with Crippen molar-refractivity contribution in [2.24, 2.45) is 0 Å². The van der Waals surface area contributed by atoms with Gasteiger partial charge in [-0.15, -0.1) is 0 Å². The highest BCUT2D eigenvalue weighted by molar-refractivity contribution is 5.76. The molecule has 0 fully saturated rings. The maximum atomic E-state index is 12.7. The minimum atomic E-state index is -5.08. The summed E-state index contributed by atoms with van der Waals surface area (Å²) in [4.78, 5) is 21.8. The summed E-state index contributed by atoms with van der Waals surface area (Å²) < 4.78 is 42.8. The van der Waals surface area contributed by atoms with Crippen LogP contribution in [-0.4, -0.2) is 42.8 Å². The molecule has 1 aromatic heterocycles. The van der Waals surface area contributed by atoms with E-state index in [0.717, 1.165) is 11.4 Å². The molecule has 1 atom stereocenters. The van der Waals surface area contributed by atoms with Crippen molar-refractivity contribution >= 4 is 29.1 Å². The smallest absolute Gasteiger partial charge is 0.449 e. The first-order valence-electron chi connectivity index (χ1n) is 9.66. The van der Waals surface area contributed by atoms with Crippen molar-refractivity contribution in [1.82, 2.24) is 9.97 Å². The molecule has 0 spiro atoms. The topological polar surface area (TPSA) is 79.4 Å². The maximum Gasteiger partial charge on any atom is 0.490 e. The van der Waals surface area contributed by atoms with Crippen LogP contribution in [0.25, 0.3) is 0 Å². The lowest BCUT2D eigenvalue weighted by atomic mass is 10.1. The molecular weight excluding hydrogens is 423 g/mol. The first-order chi connectivity index (χ1) is 15.2. The Kier molecular flexibility index (Phi) is 7.14. The van der Waals surface area contributed by atoms with Crippen LogP contribution in [0.2, 0.25) is 0 Å². The number of rotatable bonds is 8. The molecule has 0 saturated carbocycles. The van der Waals surface area contributed by atoms with E-state index < -0.39 is 18.2 Å². The molecule has 32 heavy (non-hydrogen) atoms. The molecule has 2 N–H and O–H groups in total. The lowest BCUT2D eigenvalue weighted by Crippen LogP contribution is -2.29. The molecule has 0 aliphatic rings. The van der Waals surface area contributed by atoms with E-state index in [0.29, 0.717) is 17.3 Å². The molecule has 168 valence electrons. The van der Waals surface area contributed by atoms with E-state index in [1.54, 1.807) is 36.4 Å². The van der Waals surface area contributed by atoms with Crippen LogP contribution in [0.5, 0.6) is 0 Å². The fraction of sp³-hybridized carbons (Fsp3) is 0.227. The first kappa shape index (κ1) is 22.9. The number of alkyl halides is 3. The number of esters is 1. The monoisotopic (exact) mass is 445 g/mol. The van der Waals surface area contributed by atoms with Crippen LogP contribution in [0.3, 0.4) is 0 Å². The van der Waals surface area contributed by atoms with E-state index in [1.165, 1.54) is 6.20 Å². The minimum absolute atomic E-state index is 0.111. The summed E-state index contributed by atoms with van der Waals surface area (Å²) in [6.45, 7) is -0.111. The summed E-state index contributed by atoms with van der Waals surface area (Å²) in [7, 11) is 3.88. The third kappa shape index (κ3) is 6.34. The van der Waals surface area contributed by atoms with Crippen LogP contribution in [0.4, 0.5) is 36.3 Å². The molecule has 7 nitrogen and oxygen atoms in total. The quantitative estimate of drug-likeness (QED) is 0.493. The fourth-order valence-corrected chi connectivity index (χ4v) is 2.78. The van der Waals surface area contributed by atoms with Gasteiger partial charge in [0.2, 0.25) is 5.95 Å². The number of carbonyl (C=O) groups is 1. The lowest BCUT2D eigenvalue weighted by Gasteiger charge is -2.20. The second-order valence-electron chi connectivity index (χ2n) is 7.02. The van der Waals surface area contributed by atoms with Crippen LogP contribution in [0.15, 0.2) is 66.9 Å². The van der Waals surface area contributed by atoms with E-state index in [2.05, 4.69) is 25.3 Å². The molecule has 0 aliphatic heterocycles. The van der Waals surface area contributed by atoms with Crippen molar-refractivity contribution < 1.29 is 22.7 Å². The van der Waals surface area contributed by atoms with Gasteiger partial charge in [-0.1, -0.05) is 30.3 Å².